The fourth-order valence-corrected chi connectivity index (χ4v) is 2.28. The average molecular weight is 372 g/mol. The predicted octanol–water partition coefficient (Wildman–Crippen LogP) is 2.74. The molecule has 2 aromatic carbocycles. The SMILES string of the molecule is CCOc1cc(/C=N\NC(=O)c2cccc(N)c2)cc([N+](=O)[O-])c1OCC. The number of ether oxygens (including phenoxy) is 2. The Morgan fingerprint density at radius 2 is 2.00 bits per heavy atom. The molecule has 0 unspecified atom stereocenters. The first-order valence-electron chi connectivity index (χ1n) is 8.23. The van der Waals surface area contributed by atoms with Crippen LogP contribution in [0.25, 0.3) is 0 Å². The second kappa shape index (κ2) is 9.18. The van der Waals surface area contributed by atoms with Gasteiger partial charge in [-0.2, -0.15) is 5.10 Å². The number of anilines is 1. The largest absolute Gasteiger partial charge is 0.490 e. The van der Waals surface area contributed by atoms with Crippen molar-refractivity contribution in [3.8, 4) is 11.5 Å². The van der Waals surface area contributed by atoms with Crippen LogP contribution in [0, 0.1) is 10.1 Å². The van der Waals surface area contributed by atoms with Gasteiger partial charge in [-0.1, -0.05) is 6.07 Å². The van der Waals surface area contributed by atoms with Crippen LogP contribution in [-0.4, -0.2) is 30.3 Å². The molecule has 0 saturated carbocycles. The zero-order chi connectivity index (χ0) is 19.8. The van der Waals surface area contributed by atoms with E-state index in [-0.39, 0.29) is 23.8 Å². The number of nitro benzene ring substituents is 1. The van der Waals surface area contributed by atoms with Gasteiger partial charge < -0.3 is 15.2 Å². The van der Waals surface area contributed by atoms with Crippen LogP contribution in [0.15, 0.2) is 41.5 Å². The Bertz CT molecular complexity index is 867. The highest BCUT2D eigenvalue weighted by Crippen LogP contribution is 2.38. The van der Waals surface area contributed by atoms with Crippen molar-refractivity contribution in [2.24, 2.45) is 5.10 Å². The van der Waals surface area contributed by atoms with Crippen LogP contribution in [0.2, 0.25) is 0 Å². The Balaban J connectivity index is 2.25. The number of hydrogen-bond donors (Lipinski definition) is 2. The smallest absolute Gasteiger partial charge is 0.315 e. The van der Waals surface area contributed by atoms with Gasteiger partial charge in [-0.05, 0) is 38.1 Å². The standard InChI is InChI=1S/C18H20N4O5/c1-3-26-16-9-12(8-15(22(24)25)17(16)27-4-2)11-20-21-18(23)13-6-5-7-14(19)10-13/h5-11H,3-4,19H2,1-2H3,(H,21,23)/b20-11-. The first-order valence-corrected chi connectivity index (χ1v) is 8.23. The lowest BCUT2D eigenvalue weighted by Gasteiger charge is -2.11. The van der Waals surface area contributed by atoms with Crippen molar-refractivity contribution in [3.05, 3.63) is 57.6 Å². The number of nitro groups is 1. The highest BCUT2D eigenvalue weighted by Gasteiger charge is 2.22. The maximum atomic E-state index is 12.0. The third-order valence-electron chi connectivity index (χ3n) is 3.37. The van der Waals surface area contributed by atoms with Crippen LogP contribution in [0.1, 0.15) is 29.8 Å². The van der Waals surface area contributed by atoms with Gasteiger partial charge in [0.05, 0.1) is 24.4 Å². The van der Waals surface area contributed by atoms with Crippen LogP contribution in [-0.2, 0) is 0 Å². The number of nitrogens with one attached hydrogen (secondary N) is 1. The first kappa shape index (κ1) is 19.7. The lowest BCUT2D eigenvalue weighted by molar-refractivity contribution is -0.385. The summed E-state index contributed by atoms with van der Waals surface area (Å²) in [4.78, 5) is 22.8. The number of amides is 1. The molecule has 0 fully saturated rings. The highest BCUT2D eigenvalue weighted by molar-refractivity contribution is 5.95. The number of carbonyl (C=O) groups excluding carboxylic acids is 1. The second-order valence-electron chi connectivity index (χ2n) is 5.32. The maximum absolute atomic E-state index is 12.0. The molecule has 9 nitrogen and oxygen atoms in total. The summed E-state index contributed by atoms with van der Waals surface area (Å²) < 4.78 is 10.8. The van der Waals surface area contributed by atoms with Gasteiger partial charge in [0.1, 0.15) is 0 Å². The minimum atomic E-state index is -0.559. The lowest BCUT2D eigenvalue weighted by atomic mass is 10.2. The Kier molecular flexibility index (Phi) is 6.70. The van der Waals surface area contributed by atoms with Crippen molar-refractivity contribution < 1.29 is 19.2 Å². The zero-order valence-electron chi connectivity index (χ0n) is 15.0. The van der Waals surface area contributed by atoms with Crippen molar-refractivity contribution in [2.75, 3.05) is 18.9 Å². The first-order chi connectivity index (χ1) is 13.0. The molecule has 0 atom stereocenters. The van der Waals surface area contributed by atoms with E-state index in [4.69, 9.17) is 15.2 Å². The van der Waals surface area contributed by atoms with Crippen molar-refractivity contribution in [3.63, 3.8) is 0 Å². The predicted molar refractivity (Wildman–Crippen MR) is 101 cm³/mol. The summed E-state index contributed by atoms with van der Waals surface area (Å²) in [5, 5.41) is 15.2. The van der Waals surface area contributed by atoms with Crippen LogP contribution in [0.4, 0.5) is 11.4 Å². The molecule has 142 valence electrons. The van der Waals surface area contributed by atoms with Crippen molar-refractivity contribution in [1.29, 1.82) is 0 Å². The normalized spacial score (nSPS) is 10.6. The van der Waals surface area contributed by atoms with Crippen LogP contribution in [0.5, 0.6) is 11.5 Å². The van der Waals surface area contributed by atoms with Gasteiger partial charge in [-0.3, -0.25) is 14.9 Å². The van der Waals surface area contributed by atoms with Crippen LogP contribution < -0.4 is 20.6 Å². The minimum Gasteiger partial charge on any atom is -0.490 e. The molecule has 0 heterocycles. The molecule has 0 saturated heterocycles. The average Bonchev–Trinajstić information content (AvgIpc) is 2.63. The van der Waals surface area contributed by atoms with E-state index in [1.807, 2.05) is 0 Å². The Hall–Kier alpha value is -3.62. The molecular weight excluding hydrogens is 352 g/mol. The van der Waals surface area contributed by atoms with Crippen molar-refractivity contribution in [1.82, 2.24) is 5.43 Å². The molecule has 27 heavy (non-hydrogen) atoms. The number of hydrazone groups is 1. The third kappa shape index (κ3) is 5.18. The Morgan fingerprint density at radius 3 is 2.63 bits per heavy atom. The zero-order valence-corrected chi connectivity index (χ0v) is 15.0. The van der Waals surface area contributed by atoms with Gasteiger partial charge in [0.15, 0.2) is 5.75 Å². The summed E-state index contributed by atoms with van der Waals surface area (Å²) in [6, 6.07) is 9.27. The molecule has 0 aromatic heterocycles. The quantitative estimate of drug-likeness (QED) is 0.317. The molecule has 0 aliphatic heterocycles. The molecule has 0 spiro atoms. The monoisotopic (exact) mass is 372 g/mol. The molecule has 0 radical (unpaired) electrons. The number of carbonyl (C=O) groups is 1. The molecule has 3 N–H and O–H groups in total. The maximum Gasteiger partial charge on any atom is 0.315 e. The van der Waals surface area contributed by atoms with E-state index >= 15 is 0 Å². The van der Waals surface area contributed by atoms with E-state index in [1.54, 1.807) is 38.1 Å². The molecule has 2 aromatic rings. The van der Waals surface area contributed by atoms with E-state index in [2.05, 4.69) is 10.5 Å². The summed E-state index contributed by atoms with van der Waals surface area (Å²) in [5.41, 5.74) is 8.92. The van der Waals surface area contributed by atoms with E-state index in [9.17, 15) is 14.9 Å². The fourth-order valence-electron chi connectivity index (χ4n) is 2.28. The highest BCUT2D eigenvalue weighted by atomic mass is 16.6. The number of nitrogen functional groups attached to an aromatic ring is 1. The van der Waals surface area contributed by atoms with Gasteiger partial charge in [-0.15, -0.1) is 0 Å². The van der Waals surface area contributed by atoms with E-state index in [1.165, 1.54) is 18.3 Å². The van der Waals surface area contributed by atoms with E-state index in [0.717, 1.165) is 0 Å². The van der Waals surface area contributed by atoms with Crippen molar-refractivity contribution in [2.45, 2.75) is 13.8 Å². The number of hydrogen-bond acceptors (Lipinski definition) is 7. The van der Waals surface area contributed by atoms with Gasteiger partial charge in [-0.25, -0.2) is 5.43 Å². The second-order valence-corrected chi connectivity index (χ2v) is 5.32. The Morgan fingerprint density at radius 1 is 1.26 bits per heavy atom. The van der Waals surface area contributed by atoms with Gasteiger partial charge in [0, 0.05) is 22.9 Å². The Labute approximate surface area is 155 Å². The summed E-state index contributed by atoms with van der Waals surface area (Å²) in [7, 11) is 0. The molecule has 1 amide bonds. The molecule has 0 bridgehead atoms. The molecule has 9 heteroatoms. The fraction of sp³-hybridized carbons (Fsp3) is 0.222. The van der Waals surface area contributed by atoms with Crippen molar-refractivity contribution >= 4 is 23.5 Å². The lowest BCUT2D eigenvalue weighted by Crippen LogP contribution is -2.17. The van der Waals surface area contributed by atoms with Gasteiger partial charge >= 0.3 is 5.69 Å². The van der Waals surface area contributed by atoms with Gasteiger partial charge in [0.25, 0.3) is 5.91 Å². The van der Waals surface area contributed by atoms with Gasteiger partial charge in [0.2, 0.25) is 5.75 Å². The van der Waals surface area contributed by atoms with Crippen LogP contribution >= 0.6 is 0 Å². The molecule has 0 aliphatic rings. The molecule has 2 rings (SSSR count). The molecule has 0 aliphatic carbocycles. The van der Waals surface area contributed by atoms with E-state index in [0.29, 0.717) is 23.4 Å². The molecular formula is C18H20N4O5. The summed E-state index contributed by atoms with van der Waals surface area (Å²) >= 11 is 0. The summed E-state index contributed by atoms with van der Waals surface area (Å²) in [5.74, 6) is -0.161. The van der Waals surface area contributed by atoms with Crippen LogP contribution in [0.3, 0.4) is 0 Å². The number of nitrogens with two attached hydrogens (primary N) is 1. The third-order valence-corrected chi connectivity index (χ3v) is 3.37. The number of benzene rings is 2. The van der Waals surface area contributed by atoms with E-state index < -0.39 is 10.8 Å². The summed E-state index contributed by atoms with van der Waals surface area (Å²) in [6.45, 7) is 4.05. The number of nitrogens with zero attached hydrogens (tertiary/aromatic N) is 2. The summed E-state index contributed by atoms with van der Waals surface area (Å²) in [6.07, 6.45) is 1.29. The number of rotatable bonds is 8. The minimum absolute atomic E-state index is 0.0605. The topological polar surface area (TPSA) is 129 Å².